The van der Waals surface area contributed by atoms with Gasteiger partial charge in [-0.05, 0) is 37.6 Å². The van der Waals surface area contributed by atoms with Crippen LogP contribution in [0.15, 0.2) is 28.8 Å². The van der Waals surface area contributed by atoms with Gasteiger partial charge in [0.1, 0.15) is 5.76 Å². The molecule has 1 atom stereocenters. The maximum absolute atomic E-state index is 12.4. The summed E-state index contributed by atoms with van der Waals surface area (Å²) in [4.78, 5) is 24.5. The van der Waals surface area contributed by atoms with Crippen LogP contribution in [0.5, 0.6) is 0 Å². The van der Waals surface area contributed by atoms with E-state index in [0.29, 0.717) is 21.9 Å². The van der Waals surface area contributed by atoms with Crippen molar-refractivity contribution in [2.24, 2.45) is 0 Å². The van der Waals surface area contributed by atoms with Crippen molar-refractivity contribution < 1.29 is 18.8 Å². The fourth-order valence-electron chi connectivity index (χ4n) is 2.37. The van der Waals surface area contributed by atoms with Gasteiger partial charge in [0.2, 0.25) is 0 Å². The zero-order chi connectivity index (χ0) is 15.9. The minimum Gasteiger partial charge on any atom is -0.445 e. The van der Waals surface area contributed by atoms with Gasteiger partial charge in [-0.3, -0.25) is 4.79 Å². The maximum Gasteiger partial charge on any atom is 0.339 e. The number of hydrogen-bond donors (Lipinski definition) is 1. The highest BCUT2D eigenvalue weighted by atomic mass is 35.5. The number of ether oxygens (including phenoxy) is 1. The van der Waals surface area contributed by atoms with Crippen LogP contribution in [0.3, 0.4) is 0 Å². The average molecular weight is 321 g/mol. The van der Waals surface area contributed by atoms with Crippen LogP contribution < -0.4 is 5.32 Å². The molecule has 0 unspecified atom stereocenters. The van der Waals surface area contributed by atoms with Crippen LogP contribution in [0.2, 0.25) is 5.02 Å². The number of nitrogens with zero attached hydrogens (tertiary/aromatic N) is 1. The molecule has 2 aromatic rings. The van der Waals surface area contributed by atoms with E-state index in [1.165, 1.54) is 0 Å². The van der Waals surface area contributed by atoms with E-state index in [9.17, 15) is 9.59 Å². The Kier molecular flexibility index (Phi) is 3.41. The van der Waals surface area contributed by atoms with Gasteiger partial charge in [0.25, 0.3) is 5.91 Å². The van der Waals surface area contributed by atoms with Gasteiger partial charge < -0.3 is 14.6 Å². The molecule has 1 aromatic heterocycles. The van der Waals surface area contributed by atoms with Crippen LogP contribution in [0.4, 0.5) is 5.82 Å². The molecular formula is C15H13ClN2O4. The summed E-state index contributed by atoms with van der Waals surface area (Å²) < 4.78 is 10.2. The second-order valence-electron chi connectivity index (χ2n) is 5.38. The van der Waals surface area contributed by atoms with Crippen LogP contribution in [0.1, 0.15) is 28.6 Å². The number of esters is 1. The van der Waals surface area contributed by atoms with Crippen molar-refractivity contribution in [3.63, 3.8) is 0 Å². The van der Waals surface area contributed by atoms with Crippen LogP contribution in [-0.4, -0.2) is 22.6 Å². The van der Waals surface area contributed by atoms with E-state index in [-0.39, 0.29) is 12.2 Å². The Morgan fingerprint density at radius 1 is 1.41 bits per heavy atom. The number of halogens is 1. The van der Waals surface area contributed by atoms with Crippen molar-refractivity contribution in [2.75, 3.05) is 5.32 Å². The van der Waals surface area contributed by atoms with Crippen molar-refractivity contribution in [1.29, 1.82) is 0 Å². The lowest BCUT2D eigenvalue weighted by Gasteiger charge is -2.32. The van der Waals surface area contributed by atoms with Gasteiger partial charge in [0.05, 0.1) is 5.56 Å². The smallest absolute Gasteiger partial charge is 0.339 e. The van der Waals surface area contributed by atoms with E-state index < -0.39 is 17.5 Å². The lowest BCUT2D eigenvalue weighted by Crippen LogP contribution is -2.49. The van der Waals surface area contributed by atoms with Gasteiger partial charge in [-0.1, -0.05) is 16.8 Å². The van der Waals surface area contributed by atoms with Crippen LogP contribution in [0, 0.1) is 6.92 Å². The number of rotatable bonds is 2. The van der Waals surface area contributed by atoms with Crippen molar-refractivity contribution in [2.45, 2.75) is 25.9 Å². The average Bonchev–Trinajstić information content (AvgIpc) is 2.83. The first-order chi connectivity index (χ1) is 10.4. The van der Waals surface area contributed by atoms with E-state index in [1.807, 2.05) is 0 Å². The zero-order valence-electron chi connectivity index (χ0n) is 12.0. The SMILES string of the molecule is Cc1cc(NC(=O)[C@]2(C)Cc3cc(Cl)ccc3C(=O)O2)no1. The number of cyclic esters (lactones) is 1. The Morgan fingerprint density at radius 2 is 2.18 bits per heavy atom. The number of carbonyl (C=O) groups excluding carboxylic acids is 2. The maximum atomic E-state index is 12.4. The topological polar surface area (TPSA) is 81.4 Å². The first-order valence-corrected chi connectivity index (χ1v) is 7.02. The molecule has 6 nitrogen and oxygen atoms in total. The number of fused-ring (bicyclic) bond motifs is 1. The molecule has 0 radical (unpaired) electrons. The van der Waals surface area contributed by atoms with Gasteiger partial charge in [0, 0.05) is 17.5 Å². The Balaban J connectivity index is 1.87. The second-order valence-corrected chi connectivity index (χ2v) is 5.81. The highest BCUT2D eigenvalue weighted by Crippen LogP contribution is 2.31. The lowest BCUT2D eigenvalue weighted by atomic mass is 9.89. The Bertz CT molecular complexity index is 771. The summed E-state index contributed by atoms with van der Waals surface area (Å²) >= 11 is 5.95. The molecule has 1 aliphatic heterocycles. The summed E-state index contributed by atoms with van der Waals surface area (Å²) in [5.41, 5.74) is -0.230. The minimum atomic E-state index is -1.33. The Labute approximate surface area is 131 Å². The highest BCUT2D eigenvalue weighted by molar-refractivity contribution is 6.30. The molecule has 0 fully saturated rings. The molecule has 0 saturated heterocycles. The van der Waals surface area contributed by atoms with Crippen LogP contribution in [0.25, 0.3) is 0 Å². The Morgan fingerprint density at radius 3 is 2.86 bits per heavy atom. The molecule has 114 valence electrons. The number of aromatic nitrogens is 1. The summed E-state index contributed by atoms with van der Waals surface area (Å²) in [5.74, 6) is -0.179. The Hall–Kier alpha value is -2.34. The van der Waals surface area contributed by atoms with E-state index in [0.717, 1.165) is 0 Å². The number of nitrogens with one attached hydrogen (secondary N) is 1. The molecule has 1 N–H and O–H groups in total. The molecule has 0 spiro atoms. The first-order valence-electron chi connectivity index (χ1n) is 6.64. The monoisotopic (exact) mass is 320 g/mol. The molecule has 1 aliphatic rings. The fraction of sp³-hybridized carbons (Fsp3) is 0.267. The van der Waals surface area contributed by atoms with Gasteiger partial charge in [-0.15, -0.1) is 0 Å². The molecule has 1 amide bonds. The van der Waals surface area contributed by atoms with Crippen molar-refractivity contribution in [3.05, 3.63) is 46.2 Å². The predicted octanol–water partition coefficient (Wildman–Crippen LogP) is 2.75. The molecule has 3 rings (SSSR count). The summed E-state index contributed by atoms with van der Waals surface area (Å²) in [5, 5.41) is 6.78. The van der Waals surface area contributed by atoms with Gasteiger partial charge in [0.15, 0.2) is 11.4 Å². The number of benzene rings is 1. The van der Waals surface area contributed by atoms with Crippen LogP contribution >= 0.6 is 11.6 Å². The molecule has 7 heteroatoms. The summed E-state index contributed by atoms with van der Waals surface area (Å²) in [6.45, 7) is 3.26. The summed E-state index contributed by atoms with van der Waals surface area (Å²) in [6.07, 6.45) is 0.233. The number of amides is 1. The molecule has 0 bridgehead atoms. The molecular weight excluding hydrogens is 308 g/mol. The van der Waals surface area contributed by atoms with Crippen LogP contribution in [-0.2, 0) is 16.0 Å². The third-order valence-corrected chi connectivity index (χ3v) is 3.72. The number of hydrogen-bond acceptors (Lipinski definition) is 5. The van der Waals surface area contributed by atoms with E-state index in [1.54, 1.807) is 38.1 Å². The van der Waals surface area contributed by atoms with Gasteiger partial charge >= 0.3 is 5.97 Å². The fourth-order valence-corrected chi connectivity index (χ4v) is 2.56. The minimum absolute atomic E-state index is 0.233. The van der Waals surface area contributed by atoms with Gasteiger partial charge in [-0.2, -0.15) is 0 Å². The van der Waals surface area contributed by atoms with Crippen molar-refractivity contribution in [1.82, 2.24) is 5.16 Å². The number of anilines is 1. The molecule has 22 heavy (non-hydrogen) atoms. The third-order valence-electron chi connectivity index (χ3n) is 3.48. The second kappa shape index (κ2) is 5.14. The number of aryl methyl sites for hydroxylation is 1. The molecule has 2 heterocycles. The van der Waals surface area contributed by atoms with E-state index in [4.69, 9.17) is 20.9 Å². The third kappa shape index (κ3) is 2.57. The normalized spacial score (nSPS) is 20.2. The van der Waals surface area contributed by atoms with E-state index >= 15 is 0 Å². The summed E-state index contributed by atoms with van der Waals surface area (Å²) in [6, 6.07) is 6.46. The quantitative estimate of drug-likeness (QED) is 0.860. The largest absolute Gasteiger partial charge is 0.445 e. The van der Waals surface area contributed by atoms with Crippen molar-refractivity contribution >= 4 is 29.3 Å². The molecule has 0 saturated carbocycles. The molecule has 1 aromatic carbocycles. The van der Waals surface area contributed by atoms with E-state index in [2.05, 4.69) is 10.5 Å². The summed E-state index contributed by atoms with van der Waals surface area (Å²) in [7, 11) is 0. The molecule has 0 aliphatic carbocycles. The first kappa shape index (κ1) is 14.6. The number of carbonyl (C=O) groups is 2. The highest BCUT2D eigenvalue weighted by Gasteiger charge is 2.43. The predicted molar refractivity (Wildman–Crippen MR) is 78.8 cm³/mol. The van der Waals surface area contributed by atoms with Gasteiger partial charge in [-0.25, -0.2) is 4.79 Å². The lowest BCUT2D eigenvalue weighted by molar-refractivity contribution is -0.134. The standard InChI is InChI=1S/C15H13ClN2O4/c1-8-5-12(18-22-8)17-14(20)15(2)7-9-6-10(16)3-4-11(9)13(19)21-15/h3-6H,7H2,1-2H3,(H,17,18,20)/t15-/m0/s1. The van der Waals surface area contributed by atoms with Crippen molar-refractivity contribution in [3.8, 4) is 0 Å². The zero-order valence-corrected chi connectivity index (χ0v) is 12.7.